The molecule has 0 atom stereocenters. The van der Waals surface area contributed by atoms with Crippen LogP contribution in [0.15, 0.2) is 71.1 Å². The van der Waals surface area contributed by atoms with Gasteiger partial charge in [0.05, 0.1) is 17.2 Å². The summed E-state index contributed by atoms with van der Waals surface area (Å²) in [5.74, 6) is -0.607. The second kappa shape index (κ2) is 8.20. The molecule has 3 aromatic heterocycles. The molecule has 3 heterocycles. The van der Waals surface area contributed by atoms with Gasteiger partial charge in [0.25, 0.3) is 5.91 Å². The predicted octanol–water partition coefficient (Wildman–Crippen LogP) is 4.18. The average molecular weight is 444 g/mol. The number of anilines is 1. The number of halogens is 1. The SMILES string of the molecule is Nc1c(C(=O)NCc2ccc(F)cc2)c2nc3ccccc3nc2n1/N=C/c1cccs1. The molecule has 3 N–H and O–H groups in total. The highest BCUT2D eigenvalue weighted by Gasteiger charge is 2.24. The Bertz CT molecular complexity index is 1460. The van der Waals surface area contributed by atoms with Crippen molar-refractivity contribution >= 4 is 51.5 Å². The van der Waals surface area contributed by atoms with Gasteiger partial charge in [-0.15, -0.1) is 11.3 Å². The van der Waals surface area contributed by atoms with Crippen LogP contribution in [0.2, 0.25) is 0 Å². The number of hydrogen-bond donors (Lipinski definition) is 2. The third-order valence-corrected chi connectivity index (χ3v) is 5.72. The zero-order valence-electron chi connectivity index (χ0n) is 16.7. The highest BCUT2D eigenvalue weighted by molar-refractivity contribution is 7.11. The average Bonchev–Trinajstić information content (AvgIpc) is 3.41. The van der Waals surface area contributed by atoms with Crippen LogP contribution in [0.25, 0.3) is 22.2 Å². The number of para-hydroxylation sites is 2. The van der Waals surface area contributed by atoms with E-state index in [1.807, 2.05) is 41.8 Å². The van der Waals surface area contributed by atoms with Crippen molar-refractivity contribution in [1.29, 1.82) is 0 Å². The smallest absolute Gasteiger partial charge is 0.257 e. The molecule has 0 saturated carbocycles. The second-order valence-electron chi connectivity index (χ2n) is 7.03. The fourth-order valence-corrected chi connectivity index (χ4v) is 3.92. The summed E-state index contributed by atoms with van der Waals surface area (Å²) < 4.78 is 14.6. The number of benzene rings is 2. The van der Waals surface area contributed by atoms with Crippen molar-refractivity contribution in [3.05, 3.63) is 87.9 Å². The molecule has 0 bridgehead atoms. The second-order valence-corrected chi connectivity index (χ2v) is 8.00. The van der Waals surface area contributed by atoms with Gasteiger partial charge < -0.3 is 11.1 Å². The molecule has 9 heteroatoms. The van der Waals surface area contributed by atoms with Crippen LogP contribution in [0, 0.1) is 5.82 Å². The van der Waals surface area contributed by atoms with Gasteiger partial charge in [-0.3, -0.25) is 4.79 Å². The Balaban J connectivity index is 1.58. The van der Waals surface area contributed by atoms with Crippen molar-refractivity contribution in [3.63, 3.8) is 0 Å². The Hall–Kier alpha value is -4.11. The number of nitrogens with zero attached hydrogens (tertiary/aromatic N) is 4. The van der Waals surface area contributed by atoms with Gasteiger partial charge >= 0.3 is 0 Å². The zero-order valence-corrected chi connectivity index (χ0v) is 17.5. The van der Waals surface area contributed by atoms with Crippen LogP contribution in [-0.2, 0) is 6.54 Å². The molecule has 1 amide bonds. The molecular formula is C23H17FN6OS. The monoisotopic (exact) mass is 444 g/mol. The Morgan fingerprint density at radius 2 is 1.84 bits per heavy atom. The number of thiophene rings is 1. The van der Waals surface area contributed by atoms with Crippen molar-refractivity contribution in [3.8, 4) is 0 Å². The Labute approximate surface area is 186 Å². The molecule has 0 aliphatic rings. The van der Waals surface area contributed by atoms with Crippen LogP contribution in [-0.4, -0.2) is 26.8 Å². The minimum Gasteiger partial charge on any atom is -0.383 e. The quantitative estimate of drug-likeness (QED) is 0.397. The van der Waals surface area contributed by atoms with Gasteiger partial charge in [0.1, 0.15) is 22.7 Å². The maximum absolute atomic E-state index is 13.1. The third-order valence-electron chi connectivity index (χ3n) is 4.91. The Kier molecular flexibility index (Phi) is 5.08. The number of carbonyl (C=O) groups excluding carboxylic acids is 1. The van der Waals surface area contributed by atoms with Crippen LogP contribution < -0.4 is 11.1 Å². The van der Waals surface area contributed by atoms with Gasteiger partial charge in [-0.2, -0.15) is 9.78 Å². The summed E-state index contributed by atoms with van der Waals surface area (Å²) in [5, 5.41) is 9.24. The lowest BCUT2D eigenvalue weighted by atomic mass is 10.2. The van der Waals surface area contributed by atoms with E-state index in [-0.39, 0.29) is 23.7 Å². The summed E-state index contributed by atoms with van der Waals surface area (Å²) in [4.78, 5) is 23.3. The van der Waals surface area contributed by atoms with E-state index in [1.165, 1.54) is 28.1 Å². The summed E-state index contributed by atoms with van der Waals surface area (Å²) in [6.07, 6.45) is 1.66. The largest absolute Gasteiger partial charge is 0.383 e. The first-order valence-electron chi connectivity index (χ1n) is 9.77. The van der Waals surface area contributed by atoms with Crippen molar-refractivity contribution in [2.24, 2.45) is 5.10 Å². The topological polar surface area (TPSA) is 98.2 Å². The van der Waals surface area contributed by atoms with E-state index in [4.69, 9.17) is 5.73 Å². The lowest BCUT2D eigenvalue weighted by Gasteiger charge is -2.05. The van der Waals surface area contributed by atoms with E-state index < -0.39 is 5.91 Å². The highest BCUT2D eigenvalue weighted by Crippen LogP contribution is 2.28. The summed E-state index contributed by atoms with van der Waals surface area (Å²) in [6.45, 7) is 0.213. The summed E-state index contributed by atoms with van der Waals surface area (Å²) in [7, 11) is 0. The van der Waals surface area contributed by atoms with E-state index in [2.05, 4.69) is 20.4 Å². The molecule has 0 unspecified atom stereocenters. The molecule has 0 aliphatic heterocycles. The molecule has 0 fully saturated rings. The third kappa shape index (κ3) is 3.69. The van der Waals surface area contributed by atoms with Crippen molar-refractivity contribution in [2.45, 2.75) is 6.54 Å². The maximum atomic E-state index is 13.1. The van der Waals surface area contributed by atoms with Gasteiger partial charge in [0.15, 0.2) is 5.65 Å². The summed E-state index contributed by atoms with van der Waals surface area (Å²) in [6, 6.07) is 17.1. The fraction of sp³-hybridized carbons (Fsp3) is 0.0435. The number of nitrogen functional groups attached to an aromatic ring is 1. The first-order valence-corrected chi connectivity index (χ1v) is 10.7. The lowest BCUT2D eigenvalue weighted by molar-refractivity contribution is 0.0953. The Morgan fingerprint density at radius 1 is 1.09 bits per heavy atom. The molecule has 2 aromatic carbocycles. The maximum Gasteiger partial charge on any atom is 0.257 e. The van der Waals surface area contributed by atoms with E-state index in [1.54, 1.807) is 18.3 Å². The number of nitrogens with one attached hydrogen (secondary N) is 1. The van der Waals surface area contributed by atoms with E-state index in [0.717, 1.165) is 10.4 Å². The Morgan fingerprint density at radius 3 is 2.56 bits per heavy atom. The van der Waals surface area contributed by atoms with Gasteiger partial charge in [-0.1, -0.05) is 30.3 Å². The zero-order chi connectivity index (χ0) is 22.1. The van der Waals surface area contributed by atoms with Crippen LogP contribution in [0.4, 0.5) is 10.2 Å². The summed E-state index contributed by atoms with van der Waals surface area (Å²) >= 11 is 1.53. The normalized spacial score (nSPS) is 11.5. The molecule has 0 spiro atoms. The standard InChI is InChI=1S/C23H17FN6OS/c24-15-9-7-14(8-10-15)12-26-23(31)19-20-22(29-18-6-2-1-5-17(18)28-20)30(21(19)25)27-13-16-4-3-11-32-16/h1-11,13H,12,25H2,(H,26,31)/b27-13+. The van der Waals surface area contributed by atoms with E-state index in [0.29, 0.717) is 22.2 Å². The van der Waals surface area contributed by atoms with Crippen LogP contribution in [0.1, 0.15) is 20.8 Å². The first-order chi connectivity index (χ1) is 15.6. The molecule has 32 heavy (non-hydrogen) atoms. The molecule has 158 valence electrons. The number of aromatic nitrogens is 3. The lowest BCUT2D eigenvalue weighted by Crippen LogP contribution is -2.23. The molecule has 0 saturated heterocycles. The van der Waals surface area contributed by atoms with Gasteiger partial charge in [-0.25, -0.2) is 14.4 Å². The van der Waals surface area contributed by atoms with Crippen LogP contribution in [0.3, 0.4) is 0 Å². The molecule has 5 rings (SSSR count). The molecule has 5 aromatic rings. The first kappa shape index (κ1) is 19.8. The number of fused-ring (bicyclic) bond motifs is 2. The number of carbonyl (C=O) groups is 1. The fourth-order valence-electron chi connectivity index (χ4n) is 3.34. The van der Waals surface area contributed by atoms with Gasteiger partial charge in [-0.05, 0) is 41.3 Å². The number of nitrogens with two attached hydrogens (primary N) is 1. The minimum atomic E-state index is -0.411. The minimum absolute atomic E-state index is 0.139. The van der Waals surface area contributed by atoms with Crippen LogP contribution >= 0.6 is 11.3 Å². The number of amides is 1. The summed E-state index contributed by atoms with van der Waals surface area (Å²) in [5.41, 5.74) is 9.39. The molecular weight excluding hydrogens is 427 g/mol. The van der Waals surface area contributed by atoms with Gasteiger partial charge in [0.2, 0.25) is 0 Å². The highest BCUT2D eigenvalue weighted by atomic mass is 32.1. The van der Waals surface area contributed by atoms with Crippen molar-refractivity contribution < 1.29 is 9.18 Å². The van der Waals surface area contributed by atoms with E-state index in [9.17, 15) is 9.18 Å². The number of hydrogen-bond acceptors (Lipinski definition) is 6. The van der Waals surface area contributed by atoms with Crippen molar-refractivity contribution in [2.75, 3.05) is 5.73 Å². The molecule has 0 radical (unpaired) electrons. The predicted molar refractivity (Wildman–Crippen MR) is 124 cm³/mol. The number of rotatable bonds is 5. The van der Waals surface area contributed by atoms with Crippen LogP contribution in [0.5, 0.6) is 0 Å². The molecule has 7 nitrogen and oxygen atoms in total. The molecule has 0 aliphatic carbocycles. The van der Waals surface area contributed by atoms with Gasteiger partial charge in [0, 0.05) is 11.4 Å². The van der Waals surface area contributed by atoms with E-state index >= 15 is 0 Å². The van der Waals surface area contributed by atoms with Crippen molar-refractivity contribution in [1.82, 2.24) is 20.0 Å².